The number of carbonyl (C=O) groups excluding carboxylic acids is 1. The molecule has 0 aromatic rings. The summed E-state index contributed by atoms with van der Waals surface area (Å²) in [7, 11) is 2.94. The van der Waals surface area contributed by atoms with Crippen molar-refractivity contribution in [2.24, 2.45) is 0 Å². The molecule has 16 heavy (non-hydrogen) atoms. The largest absolute Gasteiger partial charge is 0.274 e. The van der Waals surface area contributed by atoms with Crippen LogP contribution in [0.3, 0.4) is 0 Å². The van der Waals surface area contributed by atoms with E-state index in [1.807, 2.05) is 0 Å². The Balaban J connectivity index is 3.10. The maximum atomic E-state index is 12.0. The smallest absolute Gasteiger partial charge is 0.274 e. The first kappa shape index (κ1) is 13.2. The quantitative estimate of drug-likeness (QED) is 0.665. The van der Waals surface area contributed by atoms with Crippen LogP contribution in [0.2, 0.25) is 0 Å². The molecule has 91 valence electrons. The van der Waals surface area contributed by atoms with E-state index < -0.39 is 11.1 Å². The number of rotatable bonds is 2. The normalized spacial score (nSPS) is 23.1. The van der Waals surface area contributed by atoms with Gasteiger partial charge in [-0.1, -0.05) is 6.08 Å². The summed E-state index contributed by atoms with van der Waals surface area (Å²) in [6, 6.07) is 0. The lowest BCUT2D eigenvalue weighted by atomic mass is 9.96. The van der Waals surface area contributed by atoms with Crippen molar-refractivity contribution in [3.63, 3.8) is 0 Å². The Bertz CT molecular complexity index is 334. The van der Waals surface area contributed by atoms with Crippen molar-refractivity contribution in [3.05, 3.63) is 11.6 Å². The number of hydrogen-bond acceptors (Lipinski definition) is 3. The van der Waals surface area contributed by atoms with Crippen molar-refractivity contribution in [1.82, 2.24) is 10.1 Å². The molecule has 1 amide bonds. The summed E-state index contributed by atoms with van der Waals surface area (Å²) in [5.74, 6) is -0.279. The van der Waals surface area contributed by atoms with Gasteiger partial charge < -0.3 is 0 Å². The van der Waals surface area contributed by atoms with Crippen LogP contribution in [0.4, 0.5) is 0 Å². The van der Waals surface area contributed by atoms with Crippen LogP contribution in [0.25, 0.3) is 0 Å². The first-order valence-corrected chi connectivity index (χ1v) is 5.17. The molecule has 0 aliphatic carbocycles. The average molecular weight is 227 g/mol. The number of hydrogen-bond donors (Lipinski definition) is 0. The molecule has 0 spiro atoms. The van der Waals surface area contributed by atoms with Crippen LogP contribution in [0.1, 0.15) is 27.7 Å². The summed E-state index contributed by atoms with van der Waals surface area (Å²) in [5.41, 5.74) is -1.02. The first-order chi connectivity index (χ1) is 7.14. The van der Waals surface area contributed by atoms with Crippen molar-refractivity contribution in [1.29, 1.82) is 0 Å². The van der Waals surface area contributed by atoms with Gasteiger partial charge in [0.15, 0.2) is 0 Å². The minimum atomic E-state index is -0.826. The third kappa shape index (κ3) is 1.86. The fourth-order valence-electron chi connectivity index (χ4n) is 1.99. The number of likely N-dealkylation sites (N-methyl/N-ethyl adjacent to an activating group) is 1. The molecule has 1 aliphatic rings. The summed E-state index contributed by atoms with van der Waals surface area (Å²) < 4.78 is 0. The molecule has 0 N–H and O–H groups in total. The molecule has 5 heteroatoms. The third-order valence-electron chi connectivity index (χ3n) is 2.98. The molecule has 1 aliphatic heterocycles. The van der Waals surface area contributed by atoms with E-state index in [-0.39, 0.29) is 5.91 Å². The number of hydroxylamine groups is 4. The zero-order chi connectivity index (χ0) is 12.7. The summed E-state index contributed by atoms with van der Waals surface area (Å²) in [6.45, 7) is 7.05. The monoisotopic (exact) mass is 227 g/mol. The van der Waals surface area contributed by atoms with E-state index in [1.54, 1.807) is 33.8 Å². The lowest BCUT2D eigenvalue weighted by Crippen LogP contribution is -2.48. The van der Waals surface area contributed by atoms with Crippen molar-refractivity contribution in [3.8, 4) is 0 Å². The molecule has 0 unspecified atom stereocenters. The van der Waals surface area contributed by atoms with Crippen LogP contribution in [-0.4, -0.2) is 41.3 Å². The maximum absolute atomic E-state index is 12.0. The van der Waals surface area contributed by atoms with Gasteiger partial charge in [0.05, 0.1) is 18.2 Å². The molecule has 0 atom stereocenters. The van der Waals surface area contributed by atoms with Crippen LogP contribution >= 0.6 is 0 Å². The fourth-order valence-corrected chi connectivity index (χ4v) is 1.99. The molecular weight excluding hydrogens is 208 g/mol. The Hall–Kier alpha value is -0.910. The number of nitrogens with zero attached hydrogens (tertiary/aromatic N) is 2. The minimum absolute atomic E-state index is 0.279. The standard InChI is InChI=1S/C11H19N2O3/c1-10(2)7-8(9(14)12(5)16-6)11(3,4)13(10)15/h7H,1-6H3. The molecule has 0 saturated heterocycles. The molecular formula is C11H19N2O3. The highest BCUT2D eigenvalue weighted by molar-refractivity contribution is 5.95. The topological polar surface area (TPSA) is 52.7 Å². The zero-order valence-electron chi connectivity index (χ0n) is 10.7. The van der Waals surface area contributed by atoms with Crippen LogP contribution in [0.15, 0.2) is 11.6 Å². The van der Waals surface area contributed by atoms with Gasteiger partial charge in [-0.3, -0.25) is 9.63 Å². The molecule has 5 nitrogen and oxygen atoms in total. The second-order valence-corrected chi connectivity index (χ2v) is 5.05. The summed E-state index contributed by atoms with van der Waals surface area (Å²) in [5, 5.41) is 14.1. The highest BCUT2D eigenvalue weighted by atomic mass is 16.7. The van der Waals surface area contributed by atoms with E-state index in [0.29, 0.717) is 5.57 Å². The van der Waals surface area contributed by atoms with Crippen LogP contribution < -0.4 is 0 Å². The van der Waals surface area contributed by atoms with Gasteiger partial charge in [-0.15, -0.1) is 10.3 Å². The predicted octanol–water partition coefficient (Wildman–Crippen LogP) is 1.15. The lowest BCUT2D eigenvalue weighted by Gasteiger charge is -2.33. The molecule has 1 radical (unpaired) electrons. The third-order valence-corrected chi connectivity index (χ3v) is 2.98. The van der Waals surface area contributed by atoms with Gasteiger partial charge in [0.2, 0.25) is 0 Å². The molecule has 0 aromatic heterocycles. The minimum Gasteiger partial charge on any atom is -0.274 e. The fraction of sp³-hybridized carbons (Fsp3) is 0.727. The van der Waals surface area contributed by atoms with E-state index in [9.17, 15) is 10.0 Å². The Labute approximate surface area is 96.2 Å². The predicted molar refractivity (Wildman–Crippen MR) is 58.5 cm³/mol. The summed E-state index contributed by atoms with van der Waals surface area (Å²) in [6.07, 6.45) is 1.71. The first-order valence-electron chi connectivity index (χ1n) is 5.17. The average Bonchev–Trinajstić information content (AvgIpc) is 2.37. The van der Waals surface area contributed by atoms with E-state index in [4.69, 9.17) is 4.84 Å². The number of carbonyl (C=O) groups is 1. The molecule has 1 rings (SSSR count). The van der Waals surface area contributed by atoms with Gasteiger partial charge in [-0.2, -0.15) is 0 Å². The lowest BCUT2D eigenvalue weighted by molar-refractivity contribution is -0.239. The highest BCUT2D eigenvalue weighted by Crippen LogP contribution is 2.39. The molecule has 0 aromatic carbocycles. The van der Waals surface area contributed by atoms with Gasteiger partial charge in [0, 0.05) is 12.6 Å². The summed E-state index contributed by atoms with van der Waals surface area (Å²) in [4.78, 5) is 16.8. The van der Waals surface area contributed by atoms with Gasteiger partial charge in [0.25, 0.3) is 5.91 Å². The number of amides is 1. The molecule has 1 heterocycles. The van der Waals surface area contributed by atoms with Gasteiger partial charge in [0.1, 0.15) is 0 Å². The van der Waals surface area contributed by atoms with Crippen LogP contribution in [-0.2, 0) is 14.8 Å². The van der Waals surface area contributed by atoms with E-state index in [0.717, 1.165) is 10.1 Å². The molecule has 0 fully saturated rings. The van der Waals surface area contributed by atoms with Crippen molar-refractivity contribution < 1.29 is 14.8 Å². The van der Waals surface area contributed by atoms with E-state index in [2.05, 4.69) is 0 Å². The highest BCUT2D eigenvalue weighted by Gasteiger charge is 2.49. The Morgan fingerprint density at radius 3 is 2.19 bits per heavy atom. The van der Waals surface area contributed by atoms with Crippen LogP contribution in [0.5, 0.6) is 0 Å². The van der Waals surface area contributed by atoms with Crippen LogP contribution in [0, 0.1) is 0 Å². The SMILES string of the molecule is CON(C)C(=O)C1=CC(C)(C)N([O])C1(C)C. The van der Waals surface area contributed by atoms with Crippen molar-refractivity contribution in [2.45, 2.75) is 38.8 Å². The maximum Gasteiger partial charge on any atom is 0.274 e. The van der Waals surface area contributed by atoms with Crippen molar-refractivity contribution >= 4 is 5.91 Å². The van der Waals surface area contributed by atoms with E-state index >= 15 is 0 Å². The molecule has 0 saturated carbocycles. The summed E-state index contributed by atoms with van der Waals surface area (Å²) >= 11 is 0. The Kier molecular flexibility index (Phi) is 3.15. The van der Waals surface area contributed by atoms with Gasteiger partial charge in [-0.25, -0.2) is 5.06 Å². The van der Waals surface area contributed by atoms with Gasteiger partial charge >= 0.3 is 0 Å². The Morgan fingerprint density at radius 2 is 1.88 bits per heavy atom. The second kappa shape index (κ2) is 3.84. The Morgan fingerprint density at radius 1 is 1.38 bits per heavy atom. The second-order valence-electron chi connectivity index (χ2n) is 5.05. The van der Waals surface area contributed by atoms with Gasteiger partial charge in [-0.05, 0) is 27.7 Å². The van der Waals surface area contributed by atoms with E-state index in [1.165, 1.54) is 14.2 Å². The zero-order valence-corrected chi connectivity index (χ0v) is 10.7. The van der Waals surface area contributed by atoms with Crippen molar-refractivity contribution in [2.75, 3.05) is 14.2 Å². The molecule has 0 bridgehead atoms.